The van der Waals surface area contributed by atoms with Crippen LogP contribution in [0.1, 0.15) is 24.8 Å². The molecule has 2 aromatic rings. The molecule has 0 unspecified atom stereocenters. The minimum Gasteiger partial charge on any atom is -0.326 e. The largest absolute Gasteiger partial charge is 0.416 e. The Labute approximate surface area is 154 Å². The van der Waals surface area contributed by atoms with Gasteiger partial charge in [0.15, 0.2) is 0 Å². The van der Waals surface area contributed by atoms with Gasteiger partial charge in [-0.2, -0.15) is 13.2 Å². The summed E-state index contributed by atoms with van der Waals surface area (Å²) in [6.45, 7) is 0. The highest BCUT2D eigenvalue weighted by molar-refractivity contribution is 7.92. The van der Waals surface area contributed by atoms with Crippen LogP contribution >= 0.6 is 0 Å². The summed E-state index contributed by atoms with van der Waals surface area (Å²) in [6, 6.07) is 9.51. The Morgan fingerprint density at radius 3 is 2.30 bits per heavy atom. The molecule has 1 aliphatic rings. The third-order valence-corrected chi connectivity index (χ3v) is 5.71. The van der Waals surface area contributed by atoms with Gasteiger partial charge in [-0.1, -0.05) is 18.6 Å². The van der Waals surface area contributed by atoms with Crippen LogP contribution < -0.4 is 10.0 Å². The van der Waals surface area contributed by atoms with Crippen molar-refractivity contribution in [1.82, 2.24) is 0 Å². The zero-order valence-corrected chi connectivity index (χ0v) is 14.9. The fourth-order valence-corrected chi connectivity index (χ4v) is 3.72. The topological polar surface area (TPSA) is 75.3 Å². The van der Waals surface area contributed by atoms with E-state index < -0.39 is 21.8 Å². The highest BCUT2D eigenvalue weighted by Crippen LogP contribution is 2.31. The predicted octanol–water partition coefficient (Wildman–Crippen LogP) is 4.24. The van der Waals surface area contributed by atoms with Gasteiger partial charge in [0.25, 0.3) is 10.0 Å². The lowest BCUT2D eigenvalue weighted by Crippen LogP contribution is -2.28. The summed E-state index contributed by atoms with van der Waals surface area (Å²) >= 11 is 0. The molecule has 9 heteroatoms. The summed E-state index contributed by atoms with van der Waals surface area (Å²) in [6.07, 6.45) is -1.97. The summed E-state index contributed by atoms with van der Waals surface area (Å²) < 4.78 is 65.5. The number of amides is 1. The van der Waals surface area contributed by atoms with Crippen LogP contribution in [0.3, 0.4) is 0 Å². The van der Waals surface area contributed by atoms with E-state index in [1.165, 1.54) is 24.3 Å². The molecule has 1 amide bonds. The van der Waals surface area contributed by atoms with Gasteiger partial charge in [0, 0.05) is 17.3 Å². The molecule has 2 N–H and O–H groups in total. The fraction of sp³-hybridized carbons (Fsp3) is 0.278. The van der Waals surface area contributed by atoms with Gasteiger partial charge in [-0.25, -0.2) is 8.42 Å². The molecule has 0 spiro atoms. The molecule has 0 saturated heterocycles. The van der Waals surface area contributed by atoms with E-state index in [-0.39, 0.29) is 22.4 Å². The van der Waals surface area contributed by atoms with Crippen LogP contribution in [0.15, 0.2) is 53.4 Å². The molecule has 1 aliphatic carbocycles. The summed E-state index contributed by atoms with van der Waals surface area (Å²) in [4.78, 5) is 11.8. The zero-order valence-electron chi connectivity index (χ0n) is 14.1. The third kappa shape index (κ3) is 4.60. The number of alkyl halides is 3. The van der Waals surface area contributed by atoms with Gasteiger partial charge < -0.3 is 5.32 Å². The van der Waals surface area contributed by atoms with Crippen molar-refractivity contribution in [2.75, 3.05) is 10.0 Å². The van der Waals surface area contributed by atoms with Gasteiger partial charge in [-0.15, -0.1) is 0 Å². The highest BCUT2D eigenvalue weighted by atomic mass is 32.2. The smallest absolute Gasteiger partial charge is 0.326 e. The normalized spacial score (nSPS) is 15.1. The molecule has 0 radical (unpaired) electrons. The van der Waals surface area contributed by atoms with Gasteiger partial charge in [-0.05, 0) is 49.2 Å². The number of nitrogens with one attached hydrogen (secondary N) is 2. The van der Waals surface area contributed by atoms with Crippen LogP contribution in [0.2, 0.25) is 0 Å². The molecular weight excluding hydrogens is 381 g/mol. The molecule has 5 nitrogen and oxygen atoms in total. The number of rotatable bonds is 5. The van der Waals surface area contributed by atoms with E-state index in [4.69, 9.17) is 0 Å². The van der Waals surface area contributed by atoms with Gasteiger partial charge in [-0.3, -0.25) is 9.52 Å². The Hall–Kier alpha value is -2.55. The minimum absolute atomic E-state index is 0.0616. The Morgan fingerprint density at radius 2 is 1.67 bits per heavy atom. The van der Waals surface area contributed by atoms with Crippen molar-refractivity contribution >= 4 is 27.3 Å². The van der Waals surface area contributed by atoms with Crippen LogP contribution in [-0.4, -0.2) is 14.3 Å². The second-order valence-corrected chi connectivity index (χ2v) is 8.01. The number of hydrogen-bond acceptors (Lipinski definition) is 3. The van der Waals surface area contributed by atoms with E-state index >= 15 is 0 Å². The molecule has 3 rings (SSSR count). The van der Waals surface area contributed by atoms with Gasteiger partial charge in [0.2, 0.25) is 5.91 Å². The van der Waals surface area contributed by atoms with Crippen molar-refractivity contribution < 1.29 is 26.4 Å². The average molecular weight is 398 g/mol. The average Bonchev–Trinajstić information content (AvgIpc) is 2.52. The maximum atomic E-state index is 12.8. The molecule has 0 aromatic heterocycles. The lowest BCUT2D eigenvalue weighted by Gasteiger charge is -2.24. The lowest BCUT2D eigenvalue weighted by atomic mass is 9.85. The molecule has 1 saturated carbocycles. The Kier molecular flexibility index (Phi) is 5.14. The first kappa shape index (κ1) is 19.2. The molecule has 1 fully saturated rings. The van der Waals surface area contributed by atoms with E-state index in [2.05, 4.69) is 10.0 Å². The fourth-order valence-electron chi connectivity index (χ4n) is 2.63. The van der Waals surface area contributed by atoms with Crippen molar-refractivity contribution in [1.29, 1.82) is 0 Å². The first-order valence-corrected chi connectivity index (χ1v) is 9.74. The molecule has 27 heavy (non-hydrogen) atoms. The SMILES string of the molecule is O=C(Nc1cccc(S(=O)(=O)Nc2cccc(C(F)(F)F)c2)c1)C1CCC1. The first-order chi connectivity index (χ1) is 12.6. The van der Waals surface area contributed by atoms with Crippen LogP contribution in [-0.2, 0) is 21.0 Å². The number of sulfonamides is 1. The third-order valence-electron chi connectivity index (χ3n) is 4.33. The second-order valence-electron chi connectivity index (χ2n) is 6.33. The number of carbonyl (C=O) groups is 1. The molecular formula is C18H17F3N2O3S. The van der Waals surface area contributed by atoms with Crippen molar-refractivity contribution in [2.45, 2.75) is 30.3 Å². The molecule has 0 aliphatic heterocycles. The maximum Gasteiger partial charge on any atom is 0.416 e. The van der Waals surface area contributed by atoms with Gasteiger partial charge in [0.1, 0.15) is 0 Å². The maximum absolute atomic E-state index is 12.8. The number of carbonyl (C=O) groups excluding carboxylic acids is 1. The van der Waals surface area contributed by atoms with E-state index in [0.29, 0.717) is 5.69 Å². The first-order valence-electron chi connectivity index (χ1n) is 8.26. The Morgan fingerprint density at radius 1 is 1.00 bits per heavy atom. The van der Waals surface area contributed by atoms with Crippen LogP contribution in [0.5, 0.6) is 0 Å². The van der Waals surface area contributed by atoms with E-state index in [0.717, 1.165) is 37.5 Å². The minimum atomic E-state index is -4.58. The van der Waals surface area contributed by atoms with Gasteiger partial charge in [0.05, 0.1) is 10.5 Å². The van der Waals surface area contributed by atoms with E-state index in [9.17, 15) is 26.4 Å². The summed E-state index contributed by atoms with van der Waals surface area (Å²) in [7, 11) is -4.11. The van der Waals surface area contributed by atoms with Gasteiger partial charge >= 0.3 is 6.18 Å². The quantitative estimate of drug-likeness (QED) is 0.791. The lowest BCUT2D eigenvalue weighted by molar-refractivity contribution is -0.137. The van der Waals surface area contributed by atoms with E-state index in [1.807, 2.05) is 0 Å². The monoisotopic (exact) mass is 398 g/mol. The molecule has 144 valence electrons. The summed E-state index contributed by atoms with van der Waals surface area (Å²) in [5, 5.41) is 2.67. The summed E-state index contributed by atoms with van der Waals surface area (Å²) in [5.74, 6) is -0.227. The molecule has 0 heterocycles. The van der Waals surface area contributed by atoms with Crippen LogP contribution in [0.25, 0.3) is 0 Å². The number of benzene rings is 2. The van der Waals surface area contributed by atoms with Crippen molar-refractivity contribution in [3.05, 3.63) is 54.1 Å². The van der Waals surface area contributed by atoms with Crippen molar-refractivity contribution in [3.8, 4) is 0 Å². The predicted molar refractivity (Wildman–Crippen MR) is 94.7 cm³/mol. The van der Waals surface area contributed by atoms with Crippen LogP contribution in [0, 0.1) is 5.92 Å². The van der Waals surface area contributed by atoms with Crippen LogP contribution in [0.4, 0.5) is 24.5 Å². The molecule has 2 aromatic carbocycles. The molecule has 0 bridgehead atoms. The molecule has 0 atom stereocenters. The van der Waals surface area contributed by atoms with Crippen molar-refractivity contribution in [3.63, 3.8) is 0 Å². The second kappa shape index (κ2) is 7.22. The number of hydrogen-bond donors (Lipinski definition) is 2. The standard InChI is InChI=1S/C18H17F3N2O3S/c19-18(20,21)13-6-2-8-15(10-13)23-27(25,26)16-9-3-7-14(11-16)22-17(24)12-4-1-5-12/h2-3,6-12,23H,1,4-5H2,(H,22,24). The Balaban J connectivity index is 1.79. The Bertz CT molecular complexity index is 954. The van der Waals surface area contributed by atoms with E-state index in [1.54, 1.807) is 6.07 Å². The van der Waals surface area contributed by atoms with Crippen molar-refractivity contribution in [2.24, 2.45) is 5.92 Å². The zero-order chi connectivity index (χ0) is 19.7. The summed E-state index contributed by atoms with van der Waals surface area (Å²) in [5.41, 5.74) is -0.836. The number of anilines is 2. The number of halogens is 3. The highest BCUT2D eigenvalue weighted by Gasteiger charge is 2.31.